The number of halogens is 2. The van der Waals surface area contributed by atoms with Gasteiger partial charge in [-0.2, -0.15) is 0 Å². The Morgan fingerprint density at radius 1 is 1.38 bits per heavy atom. The molecular weight excluding hydrogens is 299 g/mol. The molecular formula is C14H18ClFN2O3. The van der Waals surface area contributed by atoms with Crippen molar-refractivity contribution in [3.63, 3.8) is 0 Å². The van der Waals surface area contributed by atoms with Crippen LogP contribution in [0, 0.1) is 12.7 Å². The van der Waals surface area contributed by atoms with Crippen molar-refractivity contribution in [2.24, 2.45) is 0 Å². The highest BCUT2D eigenvalue weighted by molar-refractivity contribution is 6.33. The molecule has 21 heavy (non-hydrogen) atoms. The minimum absolute atomic E-state index is 0.0519. The molecule has 0 bridgehead atoms. The first-order valence-electron chi connectivity index (χ1n) is 6.37. The van der Waals surface area contributed by atoms with Gasteiger partial charge in [0.1, 0.15) is 5.82 Å². The fraction of sp³-hybridized carbons (Fsp3) is 0.429. The maximum absolute atomic E-state index is 13.3. The standard InChI is InChI=1S/C14H18ClFN2O3/c1-8-6-11(9(15)7-10(8)16)17-13(21)18-14(2,3)5-4-12(19)20/h6-7H,4-5H2,1-3H3,(H,19,20)(H2,17,18,21). The molecule has 0 heterocycles. The molecule has 7 heteroatoms. The van der Waals surface area contributed by atoms with Gasteiger partial charge in [0, 0.05) is 12.0 Å². The Labute approximate surface area is 127 Å². The molecule has 1 aromatic rings. The van der Waals surface area contributed by atoms with Gasteiger partial charge >= 0.3 is 12.0 Å². The minimum atomic E-state index is -0.928. The van der Waals surface area contributed by atoms with Crippen LogP contribution in [0.1, 0.15) is 32.3 Å². The maximum Gasteiger partial charge on any atom is 0.319 e. The molecule has 0 atom stereocenters. The summed E-state index contributed by atoms with van der Waals surface area (Å²) in [6.45, 7) is 4.99. The number of hydrogen-bond acceptors (Lipinski definition) is 2. The summed E-state index contributed by atoms with van der Waals surface area (Å²) in [7, 11) is 0. The van der Waals surface area contributed by atoms with E-state index in [-0.39, 0.29) is 17.9 Å². The number of carboxylic acid groups (broad SMARTS) is 1. The summed E-state index contributed by atoms with van der Waals surface area (Å²) in [4.78, 5) is 22.5. The Balaban J connectivity index is 2.69. The molecule has 0 aliphatic carbocycles. The van der Waals surface area contributed by atoms with E-state index in [0.717, 1.165) is 6.07 Å². The lowest BCUT2D eigenvalue weighted by Gasteiger charge is -2.26. The number of anilines is 1. The first-order valence-corrected chi connectivity index (χ1v) is 6.75. The second-order valence-electron chi connectivity index (χ2n) is 5.44. The second-order valence-corrected chi connectivity index (χ2v) is 5.85. The topological polar surface area (TPSA) is 78.4 Å². The zero-order valence-corrected chi connectivity index (χ0v) is 12.8. The Hall–Kier alpha value is -1.82. The summed E-state index contributed by atoms with van der Waals surface area (Å²) in [5.74, 6) is -1.38. The zero-order chi connectivity index (χ0) is 16.2. The summed E-state index contributed by atoms with van der Waals surface area (Å²) < 4.78 is 13.3. The molecule has 0 aliphatic heterocycles. The number of benzene rings is 1. The number of nitrogens with one attached hydrogen (secondary N) is 2. The van der Waals surface area contributed by atoms with Crippen LogP contribution < -0.4 is 10.6 Å². The van der Waals surface area contributed by atoms with Gasteiger partial charge in [0.25, 0.3) is 0 Å². The maximum atomic E-state index is 13.3. The highest BCUT2D eigenvalue weighted by Gasteiger charge is 2.22. The van der Waals surface area contributed by atoms with E-state index in [1.165, 1.54) is 6.07 Å². The lowest BCUT2D eigenvalue weighted by molar-refractivity contribution is -0.137. The largest absolute Gasteiger partial charge is 0.481 e. The average molecular weight is 317 g/mol. The van der Waals surface area contributed by atoms with Crippen molar-refractivity contribution >= 4 is 29.3 Å². The molecule has 0 spiro atoms. The lowest BCUT2D eigenvalue weighted by Crippen LogP contribution is -2.45. The number of urea groups is 1. The normalized spacial score (nSPS) is 11.1. The van der Waals surface area contributed by atoms with Crippen molar-refractivity contribution < 1.29 is 19.1 Å². The summed E-state index contributed by atoms with van der Waals surface area (Å²) >= 11 is 5.86. The van der Waals surface area contributed by atoms with Crippen molar-refractivity contribution in [2.75, 3.05) is 5.32 Å². The van der Waals surface area contributed by atoms with Crippen LogP contribution in [0.5, 0.6) is 0 Å². The van der Waals surface area contributed by atoms with Crippen molar-refractivity contribution in [1.82, 2.24) is 5.32 Å². The number of hydrogen-bond donors (Lipinski definition) is 3. The Kier molecular flexibility index (Phi) is 5.54. The second kappa shape index (κ2) is 6.76. The average Bonchev–Trinajstić information content (AvgIpc) is 2.33. The molecule has 1 rings (SSSR count). The molecule has 1 aromatic carbocycles. The Bertz CT molecular complexity index is 561. The van der Waals surface area contributed by atoms with Gasteiger partial charge in [-0.1, -0.05) is 11.6 Å². The number of aliphatic carboxylic acids is 1. The molecule has 0 saturated heterocycles. The van der Waals surface area contributed by atoms with Gasteiger partial charge < -0.3 is 15.7 Å². The third-order valence-electron chi connectivity index (χ3n) is 2.91. The highest BCUT2D eigenvalue weighted by Crippen LogP contribution is 2.25. The summed E-state index contributed by atoms with van der Waals surface area (Å²) in [6, 6.07) is 2.03. The van der Waals surface area contributed by atoms with Crippen molar-refractivity contribution in [2.45, 2.75) is 39.2 Å². The van der Waals surface area contributed by atoms with Crippen LogP contribution >= 0.6 is 11.6 Å². The first-order chi connectivity index (χ1) is 9.60. The minimum Gasteiger partial charge on any atom is -0.481 e. The van der Waals surface area contributed by atoms with Crippen molar-refractivity contribution in [1.29, 1.82) is 0 Å². The predicted molar refractivity (Wildman–Crippen MR) is 79.3 cm³/mol. The molecule has 5 nitrogen and oxygen atoms in total. The van der Waals surface area contributed by atoms with Crippen LogP contribution in [0.25, 0.3) is 0 Å². The molecule has 2 amide bonds. The van der Waals surface area contributed by atoms with Gasteiger partial charge in [0.15, 0.2) is 0 Å². The van der Waals surface area contributed by atoms with E-state index in [0.29, 0.717) is 11.3 Å². The van der Waals surface area contributed by atoms with Crippen LogP contribution in [0.4, 0.5) is 14.9 Å². The first kappa shape index (κ1) is 17.2. The molecule has 3 N–H and O–H groups in total. The fourth-order valence-electron chi connectivity index (χ4n) is 1.70. The van der Waals surface area contributed by atoms with Crippen LogP contribution in [0.3, 0.4) is 0 Å². The van der Waals surface area contributed by atoms with Gasteiger partial charge in [-0.25, -0.2) is 9.18 Å². The molecule has 0 radical (unpaired) electrons. The highest BCUT2D eigenvalue weighted by atomic mass is 35.5. The van der Waals surface area contributed by atoms with E-state index in [1.54, 1.807) is 20.8 Å². The molecule has 0 fully saturated rings. The summed E-state index contributed by atoms with van der Waals surface area (Å²) in [6.07, 6.45) is 0.232. The number of amides is 2. The molecule has 0 aliphatic rings. The zero-order valence-electron chi connectivity index (χ0n) is 12.1. The van der Waals surface area contributed by atoms with Crippen molar-refractivity contribution in [3.8, 4) is 0 Å². The van der Waals surface area contributed by atoms with E-state index in [4.69, 9.17) is 16.7 Å². The van der Waals surface area contributed by atoms with E-state index in [9.17, 15) is 14.0 Å². The number of carbonyl (C=O) groups is 2. The molecule has 0 unspecified atom stereocenters. The van der Waals surface area contributed by atoms with E-state index < -0.39 is 23.4 Å². The molecule has 116 valence electrons. The summed E-state index contributed by atoms with van der Waals surface area (Å²) in [5, 5.41) is 13.9. The number of carbonyl (C=O) groups excluding carboxylic acids is 1. The monoisotopic (exact) mass is 316 g/mol. The van der Waals surface area contributed by atoms with E-state index in [1.807, 2.05) is 0 Å². The number of aryl methyl sites for hydroxylation is 1. The Morgan fingerprint density at radius 3 is 2.57 bits per heavy atom. The lowest BCUT2D eigenvalue weighted by atomic mass is 9.99. The third kappa shape index (κ3) is 5.59. The number of rotatable bonds is 5. The number of carboxylic acids is 1. The van der Waals surface area contributed by atoms with E-state index in [2.05, 4.69) is 10.6 Å². The Morgan fingerprint density at radius 2 is 2.00 bits per heavy atom. The predicted octanol–water partition coefficient (Wildman–Crippen LogP) is 3.55. The van der Waals surface area contributed by atoms with Gasteiger partial charge in [-0.15, -0.1) is 0 Å². The molecule has 0 aromatic heterocycles. The SMILES string of the molecule is Cc1cc(NC(=O)NC(C)(C)CCC(=O)O)c(Cl)cc1F. The van der Waals surface area contributed by atoms with Gasteiger partial charge in [0.05, 0.1) is 10.7 Å². The van der Waals surface area contributed by atoms with Crippen LogP contribution in [-0.4, -0.2) is 22.6 Å². The quantitative estimate of drug-likeness (QED) is 0.777. The van der Waals surface area contributed by atoms with Gasteiger partial charge in [-0.3, -0.25) is 4.79 Å². The van der Waals surface area contributed by atoms with Gasteiger partial charge in [-0.05, 0) is 44.9 Å². The smallest absolute Gasteiger partial charge is 0.319 e. The van der Waals surface area contributed by atoms with E-state index >= 15 is 0 Å². The third-order valence-corrected chi connectivity index (χ3v) is 3.23. The van der Waals surface area contributed by atoms with Crippen LogP contribution in [0.2, 0.25) is 5.02 Å². The summed E-state index contributed by atoms with van der Waals surface area (Å²) in [5.41, 5.74) is -0.0359. The van der Waals surface area contributed by atoms with Crippen LogP contribution in [0.15, 0.2) is 12.1 Å². The molecule has 0 saturated carbocycles. The fourth-order valence-corrected chi connectivity index (χ4v) is 1.89. The van der Waals surface area contributed by atoms with Crippen molar-refractivity contribution in [3.05, 3.63) is 28.5 Å². The van der Waals surface area contributed by atoms with Crippen LogP contribution in [-0.2, 0) is 4.79 Å². The van der Waals surface area contributed by atoms with Gasteiger partial charge in [0.2, 0.25) is 0 Å².